The highest BCUT2D eigenvalue weighted by Crippen LogP contribution is 2.32. The van der Waals surface area contributed by atoms with Crippen LogP contribution in [0.25, 0.3) is 16.5 Å². The number of benzene rings is 2. The molecule has 0 saturated carbocycles. The number of aromatic nitrogens is 1. The van der Waals surface area contributed by atoms with Gasteiger partial charge >= 0.3 is 0 Å². The number of rotatable bonds is 3. The molecule has 3 heterocycles. The second kappa shape index (κ2) is 7.59. The SMILES string of the molecule is O=C1NC(=O)C(N2CCN(C(=O)c3ccc(Cl)cc3)CC2)=C1c1c[nH]c2ccccc12. The van der Waals surface area contributed by atoms with Gasteiger partial charge in [-0.2, -0.15) is 0 Å². The Labute approximate surface area is 183 Å². The van der Waals surface area contributed by atoms with Crippen LogP contribution in [0.15, 0.2) is 60.4 Å². The first-order valence-corrected chi connectivity index (χ1v) is 10.4. The summed E-state index contributed by atoms with van der Waals surface area (Å²) in [5, 5.41) is 3.90. The maximum atomic E-state index is 12.8. The van der Waals surface area contributed by atoms with Gasteiger partial charge in [-0.05, 0) is 30.3 Å². The van der Waals surface area contributed by atoms with Crippen LogP contribution in [-0.2, 0) is 9.59 Å². The lowest BCUT2D eigenvalue weighted by atomic mass is 10.0. The van der Waals surface area contributed by atoms with Crippen molar-refractivity contribution >= 4 is 45.8 Å². The van der Waals surface area contributed by atoms with E-state index in [1.54, 1.807) is 35.4 Å². The molecule has 0 aliphatic carbocycles. The zero-order chi connectivity index (χ0) is 21.5. The molecule has 3 aromatic rings. The molecule has 2 aromatic carbocycles. The molecule has 31 heavy (non-hydrogen) atoms. The van der Waals surface area contributed by atoms with Crippen molar-refractivity contribution in [2.75, 3.05) is 26.2 Å². The molecular weight excluding hydrogens is 416 g/mol. The molecule has 5 rings (SSSR count). The third-order valence-electron chi connectivity index (χ3n) is 5.74. The highest BCUT2D eigenvalue weighted by molar-refractivity contribution is 6.37. The van der Waals surface area contributed by atoms with Crippen LogP contribution >= 0.6 is 11.6 Å². The predicted molar refractivity (Wildman–Crippen MR) is 117 cm³/mol. The summed E-state index contributed by atoms with van der Waals surface area (Å²) in [7, 11) is 0. The molecule has 0 bridgehead atoms. The number of nitrogens with zero attached hydrogens (tertiary/aromatic N) is 2. The summed E-state index contributed by atoms with van der Waals surface area (Å²) >= 11 is 5.91. The summed E-state index contributed by atoms with van der Waals surface area (Å²) in [4.78, 5) is 44.9. The molecule has 0 spiro atoms. The van der Waals surface area contributed by atoms with E-state index >= 15 is 0 Å². The third kappa shape index (κ3) is 3.37. The molecule has 2 N–H and O–H groups in total. The van der Waals surface area contributed by atoms with Crippen LogP contribution in [0.1, 0.15) is 15.9 Å². The van der Waals surface area contributed by atoms with Crippen molar-refractivity contribution in [3.8, 4) is 0 Å². The Kier molecular flexibility index (Phi) is 4.75. The van der Waals surface area contributed by atoms with Crippen LogP contribution in [0.2, 0.25) is 5.02 Å². The van der Waals surface area contributed by atoms with Gasteiger partial charge in [0.1, 0.15) is 5.70 Å². The topological polar surface area (TPSA) is 85.5 Å². The fourth-order valence-corrected chi connectivity index (χ4v) is 4.31. The van der Waals surface area contributed by atoms with Gasteiger partial charge in [0, 0.05) is 59.4 Å². The van der Waals surface area contributed by atoms with Crippen LogP contribution in [0, 0.1) is 0 Å². The van der Waals surface area contributed by atoms with Crippen molar-refractivity contribution in [1.82, 2.24) is 20.1 Å². The van der Waals surface area contributed by atoms with E-state index in [0.717, 1.165) is 10.9 Å². The lowest BCUT2D eigenvalue weighted by Gasteiger charge is -2.36. The number of halogens is 1. The van der Waals surface area contributed by atoms with Gasteiger partial charge in [0.2, 0.25) is 0 Å². The lowest BCUT2D eigenvalue weighted by molar-refractivity contribution is -0.124. The fourth-order valence-electron chi connectivity index (χ4n) is 4.18. The number of imide groups is 1. The van der Waals surface area contributed by atoms with Crippen molar-refractivity contribution in [1.29, 1.82) is 0 Å². The van der Waals surface area contributed by atoms with Gasteiger partial charge in [-0.1, -0.05) is 29.8 Å². The number of fused-ring (bicyclic) bond motifs is 1. The standard InChI is InChI=1S/C23H19ClN4O3/c24-15-7-5-14(6-8-15)23(31)28-11-9-27(10-12-28)20-19(21(29)26-22(20)30)17-13-25-18-4-2-1-3-16(17)18/h1-8,13,25H,9-12H2,(H,26,29,30). The van der Waals surface area contributed by atoms with E-state index in [4.69, 9.17) is 11.6 Å². The van der Waals surface area contributed by atoms with Gasteiger partial charge in [0.15, 0.2) is 0 Å². The Morgan fingerprint density at radius 3 is 2.35 bits per heavy atom. The van der Waals surface area contributed by atoms with E-state index in [2.05, 4.69) is 10.3 Å². The maximum Gasteiger partial charge on any atom is 0.275 e. The first-order valence-electron chi connectivity index (χ1n) is 9.99. The van der Waals surface area contributed by atoms with Crippen LogP contribution in [-0.4, -0.2) is 58.7 Å². The number of amides is 3. The zero-order valence-corrected chi connectivity index (χ0v) is 17.3. The van der Waals surface area contributed by atoms with Gasteiger partial charge in [0.05, 0.1) is 5.57 Å². The number of carbonyl (C=O) groups is 3. The molecule has 0 atom stereocenters. The number of hydrogen-bond acceptors (Lipinski definition) is 4. The van der Waals surface area contributed by atoms with Crippen molar-refractivity contribution in [3.05, 3.63) is 76.6 Å². The maximum absolute atomic E-state index is 12.8. The largest absolute Gasteiger partial charge is 0.363 e. The first-order chi connectivity index (χ1) is 15.0. The summed E-state index contributed by atoms with van der Waals surface area (Å²) in [5.41, 5.74) is 2.92. The summed E-state index contributed by atoms with van der Waals surface area (Å²) in [5.74, 6) is -0.874. The molecule has 0 unspecified atom stereocenters. The normalized spacial score (nSPS) is 16.9. The molecule has 1 fully saturated rings. The van der Waals surface area contributed by atoms with Crippen LogP contribution in [0.4, 0.5) is 0 Å². The minimum Gasteiger partial charge on any atom is -0.363 e. The van der Waals surface area contributed by atoms with E-state index in [1.807, 2.05) is 29.2 Å². The number of aromatic amines is 1. The smallest absolute Gasteiger partial charge is 0.275 e. The monoisotopic (exact) mass is 434 g/mol. The van der Waals surface area contributed by atoms with Gasteiger partial charge in [-0.25, -0.2) is 0 Å². The van der Waals surface area contributed by atoms with Crippen molar-refractivity contribution in [2.45, 2.75) is 0 Å². The average Bonchev–Trinajstić information content (AvgIpc) is 3.33. The van der Waals surface area contributed by atoms with Crippen LogP contribution < -0.4 is 5.32 Å². The Morgan fingerprint density at radius 1 is 0.903 bits per heavy atom. The summed E-state index contributed by atoms with van der Waals surface area (Å²) in [6, 6.07) is 14.5. The second-order valence-corrected chi connectivity index (χ2v) is 7.98. The molecule has 156 valence electrons. The highest BCUT2D eigenvalue weighted by Gasteiger charge is 2.37. The lowest BCUT2D eigenvalue weighted by Crippen LogP contribution is -2.49. The van der Waals surface area contributed by atoms with E-state index in [0.29, 0.717) is 53.6 Å². The molecule has 1 aromatic heterocycles. The second-order valence-electron chi connectivity index (χ2n) is 7.54. The molecule has 2 aliphatic rings. The molecule has 3 amide bonds. The van der Waals surface area contributed by atoms with Gasteiger partial charge < -0.3 is 14.8 Å². The molecule has 8 heteroatoms. The number of para-hydroxylation sites is 1. The number of carbonyl (C=O) groups excluding carboxylic acids is 3. The van der Waals surface area contributed by atoms with E-state index in [-0.39, 0.29) is 5.91 Å². The van der Waals surface area contributed by atoms with Gasteiger partial charge in [-0.3, -0.25) is 19.7 Å². The first kappa shape index (κ1) is 19.4. The minimum atomic E-state index is -0.400. The zero-order valence-electron chi connectivity index (χ0n) is 16.5. The van der Waals surface area contributed by atoms with Gasteiger partial charge in [0.25, 0.3) is 17.7 Å². The number of hydrogen-bond donors (Lipinski definition) is 2. The van der Waals surface area contributed by atoms with Crippen molar-refractivity contribution in [3.63, 3.8) is 0 Å². The predicted octanol–water partition coefficient (Wildman–Crippen LogP) is 2.65. The van der Waals surface area contributed by atoms with E-state index in [1.165, 1.54) is 0 Å². The fraction of sp³-hybridized carbons (Fsp3) is 0.174. The third-order valence-corrected chi connectivity index (χ3v) is 5.99. The molecule has 7 nitrogen and oxygen atoms in total. The molecular formula is C23H19ClN4O3. The Morgan fingerprint density at radius 2 is 1.61 bits per heavy atom. The molecule has 0 radical (unpaired) electrons. The van der Waals surface area contributed by atoms with E-state index < -0.39 is 11.8 Å². The Hall–Kier alpha value is -3.58. The van der Waals surface area contributed by atoms with E-state index in [9.17, 15) is 14.4 Å². The minimum absolute atomic E-state index is 0.0749. The Balaban J connectivity index is 1.41. The quantitative estimate of drug-likeness (QED) is 0.620. The van der Waals surface area contributed by atoms with Gasteiger partial charge in [-0.15, -0.1) is 0 Å². The molecule has 1 saturated heterocycles. The van der Waals surface area contributed by atoms with Crippen molar-refractivity contribution < 1.29 is 14.4 Å². The Bertz CT molecular complexity index is 1240. The van der Waals surface area contributed by atoms with Crippen LogP contribution in [0.5, 0.6) is 0 Å². The highest BCUT2D eigenvalue weighted by atomic mass is 35.5. The molecule has 2 aliphatic heterocycles. The van der Waals surface area contributed by atoms with Crippen LogP contribution in [0.3, 0.4) is 0 Å². The van der Waals surface area contributed by atoms with Crippen molar-refractivity contribution in [2.24, 2.45) is 0 Å². The summed E-state index contributed by atoms with van der Waals surface area (Å²) in [6.07, 6.45) is 1.76. The number of nitrogens with one attached hydrogen (secondary N) is 2. The average molecular weight is 435 g/mol. The number of H-pyrrole nitrogens is 1. The summed E-state index contributed by atoms with van der Waals surface area (Å²) < 4.78 is 0. The number of piperazine rings is 1. The summed E-state index contributed by atoms with van der Waals surface area (Å²) in [6.45, 7) is 1.82.